The van der Waals surface area contributed by atoms with Gasteiger partial charge >= 0.3 is 0 Å². The molecule has 0 spiro atoms. The summed E-state index contributed by atoms with van der Waals surface area (Å²) in [6.45, 7) is 2.84. The minimum absolute atomic E-state index is 0.0411. The van der Waals surface area contributed by atoms with Crippen LogP contribution < -0.4 is 5.32 Å². The van der Waals surface area contributed by atoms with E-state index in [1.54, 1.807) is 29.5 Å². The minimum Gasteiger partial charge on any atom is -0.350 e. The summed E-state index contributed by atoms with van der Waals surface area (Å²) in [5.74, 6) is -0.336. The summed E-state index contributed by atoms with van der Waals surface area (Å²) >= 11 is 9.58. The molecule has 1 aromatic carbocycles. The summed E-state index contributed by atoms with van der Waals surface area (Å²) in [5.41, 5.74) is 0.558. The Balaban J connectivity index is 1.98. The normalized spacial score (nSPS) is 10.4. The molecule has 2 aromatic rings. The van der Waals surface area contributed by atoms with Crippen LogP contribution in [0.3, 0.4) is 0 Å². The van der Waals surface area contributed by atoms with E-state index in [9.17, 15) is 9.59 Å². The quantitative estimate of drug-likeness (QED) is 0.664. The van der Waals surface area contributed by atoms with E-state index in [0.717, 1.165) is 8.45 Å². The summed E-state index contributed by atoms with van der Waals surface area (Å²) in [4.78, 5) is 27.2. The lowest BCUT2D eigenvalue weighted by atomic mass is 10.2. The van der Waals surface area contributed by atoms with Gasteiger partial charge in [0.25, 0.3) is 5.91 Å². The van der Waals surface area contributed by atoms with Gasteiger partial charge in [-0.1, -0.05) is 17.7 Å². The van der Waals surface area contributed by atoms with E-state index in [-0.39, 0.29) is 18.4 Å². The SMILES string of the molecule is CCN(CC(=O)NCc1cccs1)C(=O)c1ccc(Cl)cc1I. The average Bonchev–Trinajstić information content (AvgIpc) is 3.03. The van der Waals surface area contributed by atoms with E-state index in [0.29, 0.717) is 23.7 Å². The molecule has 7 heteroatoms. The van der Waals surface area contributed by atoms with Gasteiger partial charge in [-0.2, -0.15) is 0 Å². The number of carbonyl (C=O) groups excluding carboxylic acids is 2. The minimum atomic E-state index is -0.169. The highest BCUT2D eigenvalue weighted by atomic mass is 127. The zero-order chi connectivity index (χ0) is 16.8. The van der Waals surface area contributed by atoms with Crippen molar-refractivity contribution in [2.45, 2.75) is 13.5 Å². The Morgan fingerprint density at radius 2 is 2.13 bits per heavy atom. The van der Waals surface area contributed by atoms with E-state index in [4.69, 9.17) is 11.6 Å². The van der Waals surface area contributed by atoms with Crippen LogP contribution in [-0.2, 0) is 11.3 Å². The highest BCUT2D eigenvalue weighted by Gasteiger charge is 2.19. The molecule has 0 fully saturated rings. The van der Waals surface area contributed by atoms with Gasteiger partial charge in [0, 0.05) is 20.0 Å². The lowest BCUT2D eigenvalue weighted by Gasteiger charge is -2.21. The number of likely N-dealkylation sites (N-methyl/N-ethyl adjacent to an activating group) is 1. The third-order valence-electron chi connectivity index (χ3n) is 3.20. The Kier molecular flexibility index (Phi) is 6.86. The zero-order valence-corrected chi connectivity index (χ0v) is 16.2. The second-order valence-electron chi connectivity index (χ2n) is 4.80. The van der Waals surface area contributed by atoms with Gasteiger partial charge in [0.2, 0.25) is 5.91 Å². The van der Waals surface area contributed by atoms with Crippen LogP contribution in [0.25, 0.3) is 0 Å². The molecule has 1 aromatic heterocycles. The van der Waals surface area contributed by atoms with E-state index in [1.165, 1.54) is 4.90 Å². The Morgan fingerprint density at radius 1 is 1.35 bits per heavy atom. The standard InChI is InChI=1S/C16H16ClIN2O2S/c1-2-20(10-15(21)19-9-12-4-3-7-23-12)16(22)13-6-5-11(17)8-14(13)18/h3-8H,2,9-10H2,1H3,(H,19,21). The predicted molar refractivity (Wildman–Crippen MR) is 102 cm³/mol. The molecule has 23 heavy (non-hydrogen) atoms. The number of hydrogen-bond donors (Lipinski definition) is 1. The van der Waals surface area contributed by atoms with Gasteiger partial charge < -0.3 is 10.2 Å². The van der Waals surface area contributed by atoms with Crippen molar-refractivity contribution in [3.05, 3.63) is 54.7 Å². The second kappa shape index (κ2) is 8.65. The van der Waals surface area contributed by atoms with Crippen molar-refractivity contribution in [3.8, 4) is 0 Å². The molecule has 0 bridgehead atoms. The maximum Gasteiger partial charge on any atom is 0.255 e. The van der Waals surface area contributed by atoms with E-state index in [2.05, 4.69) is 27.9 Å². The van der Waals surface area contributed by atoms with E-state index >= 15 is 0 Å². The highest BCUT2D eigenvalue weighted by molar-refractivity contribution is 14.1. The fraction of sp³-hybridized carbons (Fsp3) is 0.250. The molecule has 2 rings (SSSR count). The van der Waals surface area contributed by atoms with Crippen molar-refractivity contribution in [2.75, 3.05) is 13.1 Å². The summed E-state index contributed by atoms with van der Waals surface area (Å²) in [5, 5.41) is 5.38. The third-order valence-corrected chi connectivity index (χ3v) is 5.21. The van der Waals surface area contributed by atoms with Crippen LogP contribution in [0.2, 0.25) is 5.02 Å². The Bertz CT molecular complexity index is 691. The van der Waals surface area contributed by atoms with Crippen LogP contribution in [0, 0.1) is 3.57 Å². The fourth-order valence-electron chi connectivity index (χ4n) is 1.99. The number of hydrogen-bond acceptors (Lipinski definition) is 3. The van der Waals surface area contributed by atoms with E-state index < -0.39 is 0 Å². The Labute approximate surface area is 158 Å². The molecule has 0 saturated carbocycles. The molecular weight excluding hydrogens is 447 g/mol. The number of rotatable bonds is 6. The number of amides is 2. The summed E-state index contributed by atoms with van der Waals surface area (Å²) < 4.78 is 0.776. The first-order valence-corrected chi connectivity index (χ1v) is 9.38. The van der Waals surface area contributed by atoms with Crippen LogP contribution in [-0.4, -0.2) is 29.8 Å². The van der Waals surface area contributed by atoms with Gasteiger partial charge in [-0.05, 0) is 59.2 Å². The third kappa shape index (κ3) is 5.19. The molecule has 0 aliphatic heterocycles. The van der Waals surface area contributed by atoms with E-state index in [1.807, 2.05) is 24.4 Å². The Hall–Kier alpha value is -1.12. The molecule has 2 amide bonds. The molecule has 1 heterocycles. The van der Waals surface area contributed by atoms with Crippen LogP contribution in [0.4, 0.5) is 0 Å². The smallest absolute Gasteiger partial charge is 0.255 e. The largest absolute Gasteiger partial charge is 0.350 e. The molecule has 122 valence electrons. The lowest BCUT2D eigenvalue weighted by Crippen LogP contribution is -2.40. The van der Waals surface area contributed by atoms with Crippen molar-refractivity contribution in [1.29, 1.82) is 0 Å². The monoisotopic (exact) mass is 462 g/mol. The Morgan fingerprint density at radius 3 is 2.74 bits per heavy atom. The van der Waals surface area contributed by atoms with Crippen LogP contribution >= 0.6 is 45.5 Å². The molecular formula is C16H16ClIN2O2S. The number of benzene rings is 1. The van der Waals surface area contributed by atoms with Gasteiger partial charge in [-0.3, -0.25) is 9.59 Å². The van der Waals surface area contributed by atoms with Crippen molar-refractivity contribution in [2.24, 2.45) is 0 Å². The van der Waals surface area contributed by atoms with Gasteiger partial charge in [-0.15, -0.1) is 11.3 Å². The first kappa shape index (κ1) is 18.2. The van der Waals surface area contributed by atoms with Gasteiger partial charge in [0.05, 0.1) is 18.7 Å². The number of nitrogens with one attached hydrogen (secondary N) is 1. The van der Waals surface area contributed by atoms with Crippen LogP contribution in [0.15, 0.2) is 35.7 Å². The summed E-state index contributed by atoms with van der Waals surface area (Å²) in [6.07, 6.45) is 0. The van der Waals surface area contributed by atoms with Gasteiger partial charge in [-0.25, -0.2) is 0 Å². The lowest BCUT2D eigenvalue weighted by molar-refractivity contribution is -0.121. The average molecular weight is 463 g/mol. The van der Waals surface area contributed by atoms with Crippen molar-refractivity contribution in [1.82, 2.24) is 10.2 Å². The summed E-state index contributed by atoms with van der Waals surface area (Å²) in [7, 11) is 0. The molecule has 4 nitrogen and oxygen atoms in total. The van der Waals surface area contributed by atoms with Crippen LogP contribution in [0.1, 0.15) is 22.2 Å². The molecule has 1 N–H and O–H groups in total. The zero-order valence-electron chi connectivity index (χ0n) is 12.5. The maximum atomic E-state index is 12.6. The van der Waals surface area contributed by atoms with Crippen LogP contribution in [0.5, 0.6) is 0 Å². The first-order valence-electron chi connectivity index (χ1n) is 7.04. The van der Waals surface area contributed by atoms with Crippen molar-refractivity contribution in [3.63, 3.8) is 0 Å². The number of halogens is 2. The van der Waals surface area contributed by atoms with Gasteiger partial charge in [0.15, 0.2) is 0 Å². The first-order chi connectivity index (χ1) is 11.0. The summed E-state index contributed by atoms with van der Waals surface area (Å²) in [6, 6.07) is 9.01. The highest BCUT2D eigenvalue weighted by Crippen LogP contribution is 2.19. The molecule has 0 aliphatic carbocycles. The predicted octanol–water partition coefficient (Wildman–Crippen LogP) is 3.78. The van der Waals surface area contributed by atoms with Crippen molar-refractivity contribution < 1.29 is 9.59 Å². The number of carbonyl (C=O) groups is 2. The fourth-order valence-corrected chi connectivity index (χ4v) is 3.74. The topological polar surface area (TPSA) is 49.4 Å². The van der Waals surface area contributed by atoms with Crippen molar-refractivity contribution >= 4 is 57.3 Å². The maximum absolute atomic E-state index is 12.6. The van der Waals surface area contributed by atoms with Gasteiger partial charge in [0.1, 0.15) is 0 Å². The molecule has 0 unspecified atom stereocenters. The molecule has 0 atom stereocenters. The second-order valence-corrected chi connectivity index (χ2v) is 7.43. The number of nitrogens with zero attached hydrogens (tertiary/aromatic N) is 1. The molecule has 0 radical (unpaired) electrons. The molecule has 0 aliphatic rings. The number of thiophene rings is 1. The molecule has 0 saturated heterocycles.